The minimum absolute atomic E-state index is 0.0855. The third kappa shape index (κ3) is 11.8. The normalized spacial score (nSPS) is 21.7. The third-order valence-corrected chi connectivity index (χ3v) is 9.31. The molecule has 1 heteroatoms. The molecule has 226 valence electrons. The van der Waals surface area contributed by atoms with Crippen molar-refractivity contribution < 1.29 is 4.79 Å². The first kappa shape index (κ1) is 34.8. The summed E-state index contributed by atoms with van der Waals surface area (Å²) in [7, 11) is 0. The Morgan fingerprint density at radius 1 is 0.780 bits per heavy atom. The second-order valence-corrected chi connectivity index (χ2v) is 14.2. The topological polar surface area (TPSA) is 17.1 Å². The van der Waals surface area contributed by atoms with Gasteiger partial charge >= 0.3 is 0 Å². The zero-order valence-corrected chi connectivity index (χ0v) is 28.3. The van der Waals surface area contributed by atoms with Crippen LogP contribution in [0.1, 0.15) is 133 Å². The number of allylic oxidation sites excluding steroid dienone is 16. The molecule has 1 unspecified atom stereocenters. The fourth-order valence-electron chi connectivity index (χ4n) is 6.28. The summed E-state index contributed by atoms with van der Waals surface area (Å²) in [5.74, 6) is 1.04. The molecule has 1 atom stereocenters. The van der Waals surface area contributed by atoms with Crippen LogP contribution in [0, 0.1) is 16.7 Å². The largest absolute Gasteiger partial charge is 0.295 e. The Bertz CT molecular complexity index is 1150. The molecule has 0 aliphatic heterocycles. The quantitative estimate of drug-likeness (QED) is 0.163. The van der Waals surface area contributed by atoms with Crippen molar-refractivity contribution in [1.29, 1.82) is 0 Å². The molecule has 0 fully saturated rings. The van der Waals surface area contributed by atoms with Gasteiger partial charge in [0.15, 0.2) is 5.78 Å². The van der Waals surface area contributed by atoms with E-state index in [1.165, 1.54) is 66.4 Å². The minimum atomic E-state index is 0.0855. The van der Waals surface area contributed by atoms with E-state index in [0.29, 0.717) is 17.6 Å². The maximum atomic E-state index is 12.2. The van der Waals surface area contributed by atoms with Gasteiger partial charge in [-0.15, -0.1) is 0 Å². The highest BCUT2D eigenvalue weighted by molar-refractivity contribution is 5.97. The van der Waals surface area contributed by atoms with Crippen molar-refractivity contribution in [3.8, 4) is 0 Å². The monoisotopic (exact) mass is 556 g/mol. The highest BCUT2D eigenvalue weighted by Gasteiger charge is 2.30. The number of Topliss-reactive ketones (excluding diaryl/α,β-unsaturated/α-hetero) is 1. The zero-order valence-electron chi connectivity index (χ0n) is 28.3. The molecule has 41 heavy (non-hydrogen) atoms. The van der Waals surface area contributed by atoms with Crippen LogP contribution >= 0.6 is 0 Å². The van der Waals surface area contributed by atoms with Crippen LogP contribution in [0.4, 0.5) is 0 Å². The zero-order chi connectivity index (χ0) is 30.6. The summed E-state index contributed by atoms with van der Waals surface area (Å²) < 4.78 is 0. The maximum absolute atomic E-state index is 12.2. The Labute approximate surface area is 254 Å². The van der Waals surface area contributed by atoms with E-state index in [2.05, 4.69) is 117 Å². The van der Waals surface area contributed by atoms with Crippen molar-refractivity contribution in [3.63, 3.8) is 0 Å². The minimum Gasteiger partial charge on any atom is -0.295 e. The molecule has 0 aromatic rings. The molecule has 0 saturated carbocycles. The van der Waals surface area contributed by atoms with E-state index in [1.807, 2.05) is 6.92 Å². The smallest absolute Gasteiger partial charge is 0.158 e. The fourth-order valence-corrected chi connectivity index (χ4v) is 6.28. The van der Waals surface area contributed by atoms with Crippen LogP contribution in [0.15, 0.2) is 93.7 Å². The third-order valence-electron chi connectivity index (χ3n) is 9.31. The van der Waals surface area contributed by atoms with Crippen molar-refractivity contribution >= 4 is 5.78 Å². The van der Waals surface area contributed by atoms with E-state index in [-0.39, 0.29) is 5.41 Å². The number of rotatable bonds is 13. The van der Waals surface area contributed by atoms with Crippen LogP contribution < -0.4 is 0 Å². The standard InChI is InChI=1S/C40H60O/c1-30(18-13-20-32(3)23-25-36-34(5)22-15-28-39(36,7)8)16-11-12-17-31(2)19-14-21-33(4)24-26-37-35(6)38(41)27-29-40(37,9)10/h13,16,18,20-21,23-26,31H,11-12,14-15,17,19,22,27-29H2,1-10H3/b18-13+,25-23+,26-24+,30-16+,32-20-,33-21+. The molecular formula is C40H60O. The predicted molar refractivity (Wildman–Crippen MR) is 182 cm³/mol. The molecule has 0 aromatic heterocycles. The number of hydrogen-bond acceptors (Lipinski definition) is 1. The lowest BCUT2D eigenvalue weighted by atomic mass is 9.72. The molecule has 0 N–H and O–H groups in total. The summed E-state index contributed by atoms with van der Waals surface area (Å²) in [6.45, 7) is 22.5. The highest BCUT2D eigenvalue weighted by Crippen LogP contribution is 2.41. The van der Waals surface area contributed by atoms with Crippen molar-refractivity contribution in [1.82, 2.24) is 0 Å². The second kappa shape index (κ2) is 16.3. The van der Waals surface area contributed by atoms with Gasteiger partial charge in [-0.2, -0.15) is 0 Å². The number of hydrogen-bond donors (Lipinski definition) is 0. The lowest BCUT2D eigenvalue weighted by molar-refractivity contribution is -0.116. The summed E-state index contributed by atoms with van der Waals surface area (Å²) in [6.07, 6.45) is 31.9. The Balaban J connectivity index is 1.73. The summed E-state index contributed by atoms with van der Waals surface area (Å²) in [4.78, 5) is 12.2. The Morgan fingerprint density at radius 3 is 2.10 bits per heavy atom. The SMILES string of the molecule is CC1=C(/C=C/C(C)=C\C=C\C(C)=C\CCCC(C)CC/C=C(C)/C=C/C2=C(C)C(=O)CCC2(C)C)C(C)(C)CCC1. The first-order valence-electron chi connectivity index (χ1n) is 16.2. The van der Waals surface area contributed by atoms with Gasteiger partial charge in [0.05, 0.1) is 0 Å². The van der Waals surface area contributed by atoms with Gasteiger partial charge in [0.2, 0.25) is 0 Å². The molecule has 0 spiro atoms. The predicted octanol–water partition coefficient (Wildman–Crippen LogP) is 12.3. The lowest BCUT2D eigenvalue weighted by Crippen LogP contribution is -2.24. The molecule has 2 aliphatic carbocycles. The molecular weight excluding hydrogens is 496 g/mol. The van der Waals surface area contributed by atoms with Crippen molar-refractivity contribution in [3.05, 3.63) is 93.7 Å². The Kier molecular flexibility index (Phi) is 13.8. The van der Waals surface area contributed by atoms with Gasteiger partial charge in [-0.05, 0) is 119 Å². The van der Waals surface area contributed by atoms with E-state index < -0.39 is 0 Å². The molecule has 2 aliphatic rings. The Hall–Kier alpha value is -2.41. The van der Waals surface area contributed by atoms with Gasteiger partial charge in [-0.3, -0.25) is 4.79 Å². The summed E-state index contributed by atoms with van der Waals surface area (Å²) in [5.41, 5.74) is 9.56. The van der Waals surface area contributed by atoms with Crippen molar-refractivity contribution in [2.75, 3.05) is 0 Å². The first-order chi connectivity index (χ1) is 19.2. The average Bonchev–Trinajstić information content (AvgIpc) is 2.88. The van der Waals surface area contributed by atoms with Crippen LogP contribution in [0.3, 0.4) is 0 Å². The molecule has 0 radical (unpaired) electrons. The van der Waals surface area contributed by atoms with Gasteiger partial charge in [0.1, 0.15) is 0 Å². The number of carbonyl (C=O) groups excluding carboxylic acids is 1. The molecule has 0 saturated heterocycles. The van der Waals surface area contributed by atoms with Crippen LogP contribution in [0.5, 0.6) is 0 Å². The van der Waals surface area contributed by atoms with Crippen LogP contribution in [-0.4, -0.2) is 5.78 Å². The summed E-state index contributed by atoms with van der Waals surface area (Å²) >= 11 is 0. The van der Waals surface area contributed by atoms with E-state index in [4.69, 9.17) is 0 Å². The molecule has 0 aromatic carbocycles. The second-order valence-electron chi connectivity index (χ2n) is 14.2. The van der Waals surface area contributed by atoms with Crippen molar-refractivity contribution in [2.24, 2.45) is 16.7 Å². The molecule has 1 nitrogen and oxygen atoms in total. The van der Waals surface area contributed by atoms with Gasteiger partial charge < -0.3 is 0 Å². The number of carbonyl (C=O) groups is 1. The molecule has 0 heterocycles. The number of ketones is 1. The molecule has 0 amide bonds. The number of unbranched alkanes of at least 4 members (excludes halogenated alkanes) is 1. The van der Waals surface area contributed by atoms with Gasteiger partial charge in [0.25, 0.3) is 0 Å². The fraction of sp³-hybridized carbons (Fsp3) is 0.575. The Morgan fingerprint density at radius 2 is 1.39 bits per heavy atom. The first-order valence-corrected chi connectivity index (χ1v) is 16.2. The average molecular weight is 557 g/mol. The summed E-state index contributed by atoms with van der Waals surface area (Å²) in [5, 5.41) is 0. The van der Waals surface area contributed by atoms with Crippen LogP contribution in [-0.2, 0) is 4.79 Å². The molecule has 2 rings (SSSR count). The van der Waals surface area contributed by atoms with E-state index in [9.17, 15) is 4.79 Å². The van der Waals surface area contributed by atoms with Gasteiger partial charge in [0, 0.05) is 6.42 Å². The van der Waals surface area contributed by atoms with Crippen molar-refractivity contribution in [2.45, 2.75) is 133 Å². The summed E-state index contributed by atoms with van der Waals surface area (Å²) in [6, 6.07) is 0. The lowest BCUT2D eigenvalue weighted by Gasteiger charge is -2.32. The molecule has 0 bridgehead atoms. The van der Waals surface area contributed by atoms with Crippen LogP contribution in [0.25, 0.3) is 0 Å². The van der Waals surface area contributed by atoms with E-state index in [1.54, 1.807) is 5.57 Å². The van der Waals surface area contributed by atoms with Gasteiger partial charge in [-0.25, -0.2) is 0 Å². The highest BCUT2D eigenvalue weighted by atomic mass is 16.1. The maximum Gasteiger partial charge on any atom is 0.158 e. The van der Waals surface area contributed by atoms with Crippen LogP contribution in [0.2, 0.25) is 0 Å². The van der Waals surface area contributed by atoms with E-state index >= 15 is 0 Å². The van der Waals surface area contributed by atoms with Gasteiger partial charge in [-0.1, -0.05) is 118 Å². The van der Waals surface area contributed by atoms with E-state index in [0.717, 1.165) is 30.8 Å².